The van der Waals surface area contributed by atoms with E-state index in [1.165, 1.54) is 62.1 Å². The number of unbranched alkanes of at least 4 members (excludes halogenated alkanes) is 1. The summed E-state index contributed by atoms with van der Waals surface area (Å²) in [4.78, 5) is 9.89. The molecule has 3 nitrogen and oxygen atoms in total. The van der Waals surface area contributed by atoms with Crippen LogP contribution in [-0.2, 0) is 0 Å². The molecule has 4 rings (SSSR count). The first-order chi connectivity index (χ1) is 12.4. The molecule has 0 radical (unpaired) electrons. The van der Waals surface area contributed by atoms with Gasteiger partial charge in [-0.25, -0.2) is 4.98 Å². The zero-order valence-corrected chi connectivity index (χ0v) is 15.1. The molecular formula is C22H27N3. The Morgan fingerprint density at radius 1 is 1.00 bits per heavy atom. The number of rotatable bonds is 4. The van der Waals surface area contributed by atoms with Crippen molar-refractivity contribution in [2.24, 2.45) is 0 Å². The lowest BCUT2D eigenvalue weighted by atomic mass is 10.0. The predicted octanol–water partition coefficient (Wildman–Crippen LogP) is 4.97. The van der Waals surface area contributed by atoms with E-state index in [1.807, 2.05) is 12.3 Å². The van der Waals surface area contributed by atoms with Crippen LogP contribution in [-0.4, -0.2) is 35.6 Å². The van der Waals surface area contributed by atoms with Crippen LogP contribution in [0, 0.1) is 0 Å². The Hall–Kier alpha value is -2.13. The third kappa shape index (κ3) is 3.34. The Morgan fingerprint density at radius 3 is 2.60 bits per heavy atom. The average molecular weight is 333 g/mol. The Labute approximate surface area is 151 Å². The molecule has 0 N–H and O–H groups in total. The van der Waals surface area contributed by atoms with Crippen LogP contribution in [0.3, 0.4) is 0 Å². The summed E-state index contributed by atoms with van der Waals surface area (Å²) in [5.74, 6) is 1.11. The van der Waals surface area contributed by atoms with Gasteiger partial charge in [0.25, 0.3) is 0 Å². The van der Waals surface area contributed by atoms with Crippen LogP contribution in [0.5, 0.6) is 0 Å². The third-order valence-electron chi connectivity index (χ3n) is 5.43. The molecule has 130 valence electrons. The highest BCUT2D eigenvalue weighted by molar-refractivity contribution is 5.87. The van der Waals surface area contributed by atoms with Crippen LogP contribution in [0.2, 0.25) is 0 Å². The van der Waals surface area contributed by atoms with Crippen LogP contribution < -0.4 is 4.90 Å². The number of anilines is 2. The lowest BCUT2D eigenvalue weighted by Crippen LogP contribution is -2.44. The summed E-state index contributed by atoms with van der Waals surface area (Å²) < 4.78 is 0. The van der Waals surface area contributed by atoms with E-state index in [9.17, 15) is 0 Å². The quantitative estimate of drug-likeness (QED) is 0.787. The molecule has 2 aliphatic heterocycles. The molecule has 0 saturated carbocycles. The number of likely N-dealkylation sites (tertiary alicyclic amines) is 1. The van der Waals surface area contributed by atoms with Crippen LogP contribution in [0.25, 0.3) is 12.2 Å². The highest BCUT2D eigenvalue weighted by Crippen LogP contribution is 2.38. The van der Waals surface area contributed by atoms with Gasteiger partial charge in [0.2, 0.25) is 0 Å². The highest BCUT2D eigenvalue weighted by atomic mass is 15.2. The first-order valence-electron chi connectivity index (χ1n) is 9.60. The zero-order chi connectivity index (χ0) is 17.1. The fraction of sp³-hybridized carbons (Fsp3) is 0.409. The van der Waals surface area contributed by atoms with Gasteiger partial charge in [-0.2, -0.15) is 0 Å². The Balaban J connectivity index is 1.64. The molecule has 0 aliphatic carbocycles. The molecule has 3 heteroatoms. The molecule has 1 fully saturated rings. The van der Waals surface area contributed by atoms with Crippen molar-refractivity contribution in [1.29, 1.82) is 0 Å². The maximum Gasteiger partial charge on any atom is 0.140 e. The van der Waals surface area contributed by atoms with Crippen molar-refractivity contribution in [3.63, 3.8) is 0 Å². The van der Waals surface area contributed by atoms with Gasteiger partial charge >= 0.3 is 0 Å². The molecule has 0 unspecified atom stereocenters. The second-order valence-corrected chi connectivity index (χ2v) is 7.10. The Kier molecular flexibility index (Phi) is 4.84. The van der Waals surface area contributed by atoms with Crippen molar-refractivity contribution < 1.29 is 0 Å². The lowest BCUT2D eigenvalue weighted by molar-refractivity contribution is 0.210. The van der Waals surface area contributed by atoms with Gasteiger partial charge in [-0.15, -0.1) is 0 Å². The Morgan fingerprint density at radius 2 is 1.76 bits per heavy atom. The van der Waals surface area contributed by atoms with E-state index in [-0.39, 0.29) is 0 Å². The van der Waals surface area contributed by atoms with Crippen molar-refractivity contribution in [2.75, 3.05) is 24.5 Å². The van der Waals surface area contributed by atoms with Gasteiger partial charge in [-0.1, -0.05) is 43.7 Å². The summed E-state index contributed by atoms with van der Waals surface area (Å²) >= 11 is 0. The second-order valence-electron chi connectivity index (χ2n) is 7.10. The number of para-hydroxylation sites is 1. The molecule has 2 aromatic rings. The van der Waals surface area contributed by atoms with Crippen LogP contribution in [0.1, 0.15) is 43.7 Å². The standard InChI is InChI=1S/C22H27N3/c1-2-3-15-24-16-12-20(13-17-24)25-21-9-5-4-7-18(21)10-11-19-8-6-14-23-22(19)25/h4-11,14,20H,2-3,12-13,15-17H2,1H3. The fourth-order valence-corrected chi connectivity index (χ4v) is 4.03. The summed E-state index contributed by atoms with van der Waals surface area (Å²) in [5, 5.41) is 0. The maximum atomic E-state index is 4.76. The van der Waals surface area contributed by atoms with Gasteiger partial charge in [-0.3, -0.25) is 0 Å². The van der Waals surface area contributed by atoms with Crippen molar-refractivity contribution in [3.8, 4) is 0 Å². The van der Waals surface area contributed by atoms with Crippen LogP contribution >= 0.6 is 0 Å². The van der Waals surface area contributed by atoms with Crippen LogP contribution in [0.15, 0.2) is 42.6 Å². The molecule has 1 aromatic heterocycles. The molecular weight excluding hydrogens is 306 g/mol. The van der Waals surface area contributed by atoms with E-state index in [1.54, 1.807) is 0 Å². The summed E-state index contributed by atoms with van der Waals surface area (Å²) in [6.07, 6.45) is 11.4. The summed E-state index contributed by atoms with van der Waals surface area (Å²) in [5.41, 5.74) is 3.80. The summed E-state index contributed by atoms with van der Waals surface area (Å²) in [6, 6.07) is 13.4. The van der Waals surface area contributed by atoms with Crippen molar-refractivity contribution in [2.45, 2.75) is 38.6 Å². The minimum Gasteiger partial charge on any atom is -0.322 e. The van der Waals surface area contributed by atoms with E-state index < -0.39 is 0 Å². The molecule has 0 bridgehead atoms. The average Bonchev–Trinajstić information content (AvgIpc) is 2.84. The SMILES string of the molecule is CCCCN1CCC(N2c3ccccc3C=Cc3cccnc32)CC1. The van der Waals surface area contributed by atoms with Gasteiger partial charge in [0.1, 0.15) is 5.82 Å². The number of piperidine rings is 1. The molecule has 0 amide bonds. The van der Waals surface area contributed by atoms with E-state index in [0.29, 0.717) is 6.04 Å². The van der Waals surface area contributed by atoms with E-state index in [0.717, 1.165) is 5.82 Å². The number of hydrogen-bond donors (Lipinski definition) is 0. The number of aromatic nitrogens is 1. The van der Waals surface area contributed by atoms with E-state index in [4.69, 9.17) is 4.98 Å². The van der Waals surface area contributed by atoms with Gasteiger partial charge in [-0.05, 0) is 49.6 Å². The molecule has 3 heterocycles. The number of nitrogens with zero attached hydrogens (tertiary/aromatic N) is 3. The maximum absolute atomic E-state index is 4.76. The van der Waals surface area contributed by atoms with Crippen LogP contribution in [0.4, 0.5) is 11.5 Å². The molecule has 1 saturated heterocycles. The number of hydrogen-bond acceptors (Lipinski definition) is 3. The van der Waals surface area contributed by atoms with E-state index >= 15 is 0 Å². The first-order valence-corrected chi connectivity index (χ1v) is 9.60. The summed E-state index contributed by atoms with van der Waals surface area (Å²) in [7, 11) is 0. The molecule has 2 aliphatic rings. The Bertz CT molecular complexity index is 695. The van der Waals surface area contributed by atoms with Crippen molar-refractivity contribution in [3.05, 3.63) is 53.7 Å². The predicted molar refractivity (Wildman–Crippen MR) is 106 cm³/mol. The minimum atomic E-state index is 0.521. The molecule has 25 heavy (non-hydrogen) atoms. The lowest BCUT2D eigenvalue weighted by Gasteiger charge is -2.39. The number of benzene rings is 1. The minimum absolute atomic E-state index is 0.521. The van der Waals surface area contributed by atoms with Gasteiger partial charge in [0, 0.05) is 36.6 Å². The van der Waals surface area contributed by atoms with Gasteiger partial charge < -0.3 is 9.80 Å². The topological polar surface area (TPSA) is 19.4 Å². The molecule has 0 atom stereocenters. The van der Waals surface area contributed by atoms with Gasteiger partial charge in [0.05, 0.1) is 0 Å². The second kappa shape index (κ2) is 7.40. The largest absolute Gasteiger partial charge is 0.322 e. The van der Waals surface area contributed by atoms with Crippen molar-refractivity contribution >= 4 is 23.7 Å². The number of pyridine rings is 1. The highest BCUT2D eigenvalue weighted by Gasteiger charge is 2.29. The van der Waals surface area contributed by atoms with Crippen molar-refractivity contribution in [1.82, 2.24) is 9.88 Å². The normalized spacial score (nSPS) is 17.9. The monoisotopic (exact) mass is 333 g/mol. The number of fused-ring (bicyclic) bond motifs is 2. The third-order valence-corrected chi connectivity index (χ3v) is 5.43. The van der Waals surface area contributed by atoms with E-state index in [2.05, 4.69) is 59.2 Å². The smallest absolute Gasteiger partial charge is 0.140 e. The van der Waals surface area contributed by atoms with Gasteiger partial charge in [0.15, 0.2) is 0 Å². The fourth-order valence-electron chi connectivity index (χ4n) is 4.03. The zero-order valence-electron chi connectivity index (χ0n) is 15.1. The first kappa shape index (κ1) is 16.3. The molecule has 0 spiro atoms. The summed E-state index contributed by atoms with van der Waals surface area (Å²) in [6.45, 7) is 5.91. The molecule has 1 aromatic carbocycles.